The third-order valence-corrected chi connectivity index (χ3v) is 4.37. The molecule has 4 aromatic rings. The van der Waals surface area contributed by atoms with Crippen LogP contribution in [0.5, 0.6) is 0 Å². The fourth-order valence-corrected chi connectivity index (χ4v) is 3.12. The zero-order valence-corrected chi connectivity index (χ0v) is 14.4. The molecule has 0 saturated carbocycles. The summed E-state index contributed by atoms with van der Waals surface area (Å²) in [6.45, 7) is 4.16. The number of fused-ring (bicyclic) bond motifs is 1. The van der Waals surface area contributed by atoms with Gasteiger partial charge in [-0.1, -0.05) is 55.5 Å². The minimum Gasteiger partial charge on any atom is -0.250 e. The lowest BCUT2D eigenvalue weighted by molar-refractivity contribution is 1.12. The van der Waals surface area contributed by atoms with Crippen molar-refractivity contribution in [3.05, 3.63) is 78.0 Å². The first kappa shape index (κ1) is 15.5. The summed E-state index contributed by atoms with van der Waals surface area (Å²) >= 11 is 0. The highest BCUT2D eigenvalue weighted by Gasteiger charge is 2.13. The fraction of sp³-hybridized carbons (Fsp3) is 0.136. The SMILES string of the molecule is CCc1ccccc1-c1nc(-c2cccc(C)n2)nc2ccccc12. The number of rotatable bonds is 3. The summed E-state index contributed by atoms with van der Waals surface area (Å²) in [7, 11) is 0. The Balaban J connectivity index is 2.03. The first-order valence-corrected chi connectivity index (χ1v) is 8.55. The lowest BCUT2D eigenvalue weighted by Crippen LogP contribution is -1.98. The van der Waals surface area contributed by atoms with Crippen LogP contribution >= 0.6 is 0 Å². The van der Waals surface area contributed by atoms with Gasteiger partial charge in [0.05, 0.1) is 11.2 Å². The number of pyridine rings is 1. The summed E-state index contributed by atoms with van der Waals surface area (Å²) < 4.78 is 0. The van der Waals surface area contributed by atoms with Gasteiger partial charge in [-0.05, 0) is 37.1 Å². The van der Waals surface area contributed by atoms with Crippen LogP contribution in [0.3, 0.4) is 0 Å². The fourth-order valence-electron chi connectivity index (χ4n) is 3.12. The zero-order valence-electron chi connectivity index (χ0n) is 14.4. The smallest absolute Gasteiger partial charge is 0.179 e. The molecule has 2 aromatic carbocycles. The Bertz CT molecular complexity index is 1050. The van der Waals surface area contributed by atoms with Crippen LogP contribution in [0.2, 0.25) is 0 Å². The van der Waals surface area contributed by atoms with Gasteiger partial charge in [-0.2, -0.15) is 0 Å². The van der Waals surface area contributed by atoms with E-state index in [1.807, 2.05) is 43.3 Å². The number of aryl methyl sites for hydroxylation is 2. The van der Waals surface area contributed by atoms with E-state index >= 15 is 0 Å². The van der Waals surface area contributed by atoms with Gasteiger partial charge in [0.2, 0.25) is 0 Å². The summed E-state index contributed by atoms with van der Waals surface area (Å²) in [5, 5.41) is 1.07. The maximum Gasteiger partial charge on any atom is 0.179 e. The van der Waals surface area contributed by atoms with E-state index in [1.165, 1.54) is 5.56 Å². The quantitative estimate of drug-likeness (QED) is 0.518. The van der Waals surface area contributed by atoms with Crippen molar-refractivity contribution in [1.82, 2.24) is 15.0 Å². The first-order chi connectivity index (χ1) is 12.3. The second-order valence-corrected chi connectivity index (χ2v) is 6.09. The predicted octanol–water partition coefficient (Wildman–Crippen LogP) is 5.23. The lowest BCUT2D eigenvalue weighted by Gasteiger charge is -2.12. The van der Waals surface area contributed by atoms with E-state index in [-0.39, 0.29) is 0 Å². The molecule has 3 heteroatoms. The van der Waals surface area contributed by atoms with Crippen molar-refractivity contribution >= 4 is 10.9 Å². The van der Waals surface area contributed by atoms with Gasteiger partial charge < -0.3 is 0 Å². The van der Waals surface area contributed by atoms with Crippen LogP contribution in [-0.2, 0) is 6.42 Å². The molecule has 0 spiro atoms. The van der Waals surface area contributed by atoms with Crippen LogP contribution in [0, 0.1) is 6.92 Å². The normalized spacial score (nSPS) is 11.0. The molecule has 0 atom stereocenters. The molecular formula is C22H19N3. The topological polar surface area (TPSA) is 38.7 Å². The van der Waals surface area contributed by atoms with Crippen molar-refractivity contribution in [3.8, 4) is 22.8 Å². The Hall–Kier alpha value is -3.07. The maximum absolute atomic E-state index is 4.92. The molecule has 0 aliphatic carbocycles. The maximum atomic E-state index is 4.92. The van der Waals surface area contributed by atoms with Gasteiger partial charge in [-0.15, -0.1) is 0 Å². The van der Waals surface area contributed by atoms with Crippen LogP contribution in [0.25, 0.3) is 33.7 Å². The van der Waals surface area contributed by atoms with Crippen LogP contribution in [0.4, 0.5) is 0 Å². The molecule has 3 nitrogen and oxygen atoms in total. The molecular weight excluding hydrogens is 306 g/mol. The van der Waals surface area contributed by atoms with E-state index in [4.69, 9.17) is 9.97 Å². The molecule has 2 heterocycles. The molecule has 2 aromatic heterocycles. The molecule has 4 rings (SSSR count). The molecule has 0 aliphatic rings. The lowest BCUT2D eigenvalue weighted by atomic mass is 9.99. The van der Waals surface area contributed by atoms with E-state index in [0.717, 1.165) is 40.0 Å². The zero-order chi connectivity index (χ0) is 17.2. The Morgan fingerprint density at radius 3 is 2.40 bits per heavy atom. The monoisotopic (exact) mass is 325 g/mol. The van der Waals surface area contributed by atoms with Crippen LogP contribution in [0.1, 0.15) is 18.2 Å². The number of para-hydroxylation sites is 1. The van der Waals surface area contributed by atoms with Gasteiger partial charge >= 0.3 is 0 Å². The molecule has 0 unspecified atom stereocenters. The van der Waals surface area contributed by atoms with Gasteiger partial charge in [-0.3, -0.25) is 0 Å². The average Bonchev–Trinajstić information content (AvgIpc) is 2.67. The summed E-state index contributed by atoms with van der Waals surface area (Å²) in [6.07, 6.45) is 0.965. The van der Waals surface area contributed by atoms with Crippen molar-refractivity contribution < 1.29 is 0 Å². The molecule has 122 valence electrons. The van der Waals surface area contributed by atoms with Crippen LogP contribution in [-0.4, -0.2) is 15.0 Å². The minimum absolute atomic E-state index is 0.670. The van der Waals surface area contributed by atoms with Crippen molar-refractivity contribution in [2.45, 2.75) is 20.3 Å². The highest BCUT2D eigenvalue weighted by Crippen LogP contribution is 2.30. The third-order valence-electron chi connectivity index (χ3n) is 4.37. The van der Waals surface area contributed by atoms with Gasteiger partial charge in [0, 0.05) is 16.6 Å². The van der Waals surface area contributed by atoms with Gasteiger partial charge in [0.25, 0.3) is 0 Å². The van der Waals surface area contributed by atoms with E-state index in [9.17, 15) is 0 Å². The molecule has 0 N–H and O–H groups in total. The molecule has 0 aliphatic heterocycles. The molecule has 0 bridgehead atoms. The van der Waals surface area contributed by atoms with Crippen molar-refractivity contribution in [1.29, 1.82) is 0 Å². The summed E-state index contributed by atoms with van der Waals surface area (Å²) in [6, 6.07) is 22.6. The van der Waals surface area contributed by atoms with E-state index < -0.39 is 0 Å². The highest BCUT2D eigenvalue weighted by atomic mass is 14.9. The van der Waals surface area contributed by atoms with Gasteiger partial charge in [0.15, 0.2) is 5.82 Å². The van der Waals surface area contributed by atoms with E-state index in [1.54, 1.807) is 0 Å². The summed E-state index contributed by atoms with van der Waals surface area (Å²) in [5.74, 6) is 0.670. The summed E-state index contributed by atoms with van der Waals surface area (Å²) in [4.78, 5) is 14.3. The van der Waals surface area contributed by atoms with Crippen molar-refractivity contribution in [3.63, 3.8) is 0 Å². The van der Waals surface area contributed by atoms with Crippen LogP contribution < -0.4 is 0 Å². The third kappa shape index (κ3) is 2.89. The number of hydrogen-bond donors (Lipinski definition) is 0. The molecule has 0 saturated heterocycles. The Labute approximate surface area is 147 Å². The standard InChI is InChI=1S/C22H19N3/c1-3-16-10-4-5-11-17(16)21-18-12-6-7-13-19(18)24-22(25-21)20-14-8-9-15(2)23-20/h4-14H,3H2,1-2H3. The first-order valence-electron chi connectivity index (χ1n) is 8.55. The van der Waals surface area contributed by atoms with Gasteiger partial charge in [-0.25, -0.2) is 15.0 Å². The molecule has 0 radical (unpaired) electrons. The second-order valence-electron chi connectivity index (χ2n) is 6.09. The largest absolute Gasteiger partial charge is 0.250 e. The Morgan fingerprint density at radius 1 is 0.760 bits per heavy atom. The minimum atomic E-state index is 0.670. The average molecular weight is 325 g/mol. The molecule has 25 heavy (non-hydrogen) atoms. The number of hydrogen-bond acceptors (Lipinski definition) is 3. The highest BCUT2D eigenvalue weighted by molar-refractivity contribution is 5.94. The van der Waals surface area contributed by atoms with Crippen LogP contribution in [0.15, 0.2) is 66.7 Å². The predicted molar refractivity (Wildman–Crippen MR) is 102 cm³/mol. The van der Waals surface area contributed by atoms with E-state index in [0.29, 0.717) is 5.82 Å². The van der Waals surface area contributed by atoms with Crippen molar-refractivity contribution in [2.75, 3.05) is 0 Å². The van der Waals surface area contributed by atoms with Crippen molar-refractivity contribution in [2.24, 2.45) is 0 Å². The number of benzene rings is 2. The summed E-state index contributed by atoms with van der Waals surface area (Å²) in [5.41, 5.74) is 6.14. The second kappa shape index (κ2) is 6.44. The number of nitrogens with zero attached hydrogens (tertiary/aromatic N) is 3. The molecule has 0 amide bonds. The van der Waals surface area contributed by atoms with Gasteiger partial charge in [0.1, 0.15) is 5.69 Å². The Kier molecular flexibility index (Phi) is 3.98. The number of aromatic nitrogens is 3. The van der Waals surface area contributed by atoms with E-state index in [2.05, 4.69) is 42.2 Å². The Morgan fingerprint density at radius 2 is 1.56 bits per heavy atom. The molecule has 0 fully saturated rings.